The van der Waals surface area contributed by atoms with E-state index in [9.17, 15) is 4.79 Å². The van der Waals surface area contributed by atoms with E-state index in [0.29, 0.717) is 5.56 Å². The molecule has 0 aliphatic carbocycles. The summed E-state index contributed by atoms with van der Waals surface area (Å²) >= 11 is 6.73. The second-order valence-corrected chi connectivity index (χ2v) is 5.81. The van der Waals surface area contributed by atoms with Gasteiger partial charge < -0.3 is 10.5 Å². The molecule has 0 aliphatic heterocycles. The van der Waals surface area contributed by atoms with Crippen LogP contribution in [0.3, 0.4) is 0 Å². The predicted octanol–water partition coefficient (Wildman–Crippen LogP) is 4.25. The SMILES string of the molecule is CCc1c(C(N)=O)ccc(C(Cl)c2cccc(OC)c2)c1CC. The maximum atomic E-state index is 11.7. The minimum Gasteiger partial charge on any atom is -0.497 e. The Morgan fingerprint density at radius 3 is 2.43 bits per heavy atom. The molecule has 0 heterocycles. The number of hydrogen-bond acceptors (Lipinski definition) is 2. The summed E-state index contributed by atoms with van der Waals surface area (Å²) in [5.41, 5.74) is 10.2. The number of amides is 1. The molecule has 2 aromatic rings. The van der Waals surface area contributed by atoms with E-state index in [1.807, 2.05) is 37.3 Å². The van der Waals surface area contributed by atoms with Gasteiger partial charge in [0, 0.05) is 5.56 Å². The monoisotopic (exact) mass is 331 g/mol. The van der Waals surface area contributed by atoms with Crippen molar-refractivity contribution in [1.82, 2.24) is 0 Å². The van der Waals surface area contributed by atoms with Crippen LogP contribution in [0.1, 0.15) is 51.8 Å². The van der Waals surface area contributed by atoms with Crippen molar-refractivity contribution in [2.75, 3.05) is 7.11 Å². The molecule has 1 unspecified atom stereocenters. The average molecular weight is 332 g/mol. The highest BCUT2D eigenvalue weighted by Crippen LogP contribution is 2.35. The zero-order valence-electron chi connectivity index (χ0n) is 13.7. The Labute approximate surface area is 142 Å². The molecule has 0 saturated heterocycles. The third-order valence-corrected chi connectivity index (χ3v) is 4.59. The van der Waals surface area contributed by atoms with Crippen molar-refractivity contribution in [2.45, 2.75) is 32.1 Å². The molecule has 2 aromatic carbocycles. The lowest BCUT2D eigenvalue weighted by Gasteiger charge is -2.20. The van der Waals surface area contributed by atoms with E-state index in [4.69, 9.17) is 22.1 Å². The highest BCUT2D eigenvalue weighted by atomic mass is 35.5. The normalized spacial score (nSPS) is 12.0. The smallest absolute Gasteiger partial charge is 0.248 e. The van der Waals surface area contributed by atoms with E-state index in [1.54, 1.807) is 13.2 Å². The lowest BCUT2D eigenvalue weighted by Crippen LogP contribution is -2.16. The van der Waals surface area contributed by atoms with Crippen LogP contribution in [0.2, 0.25) is 0 Å². The van der Waals surface area contributed by atoms with Gasteiger partial charge in [-0.1, -0.05) is 32.0 Å². The highest BCUT2D eigenvalue weighted by Gasteiger charge is 2.20. The first-order valence-electron chi connectivity index (χ1n) is 7.75. The van der Waals surface area contributed by atoms with E-state index in [2.05, 4.69) is 6.92 Å². The minimum atomic E-state index is -0.393. The van der Waals surface area contributed by atoms with E-state index in [0.717, 1.165) is 40.8 Å². The van der Waals surface area contributed by atoms with E-state index in [-0.39, 0.29) is 5.38 Å². The Balaban J connectivity index is 2.55. The molecule has 0 bridgehead atoms. The van der Waals surface area contributed by atoms with Crippen LogP contribution in [-0.2, 0) is 12.8 Å². The molecule has 0 aromatic heterocycles. The summed E-state index contributed by atoms with van der Waals surface area (Å²) < 4.78 is 5.27. The van der Waals surface area contributed by atoms with Gasteiger partial charge in [0.15, 0.2) is 0 Å². The van der Waals surface area contributed by atoms with E-state index < -0.39 is 5.91 Å². The fourth-order valence-corrected chi connectivity index (χ4v) is 3.32. The fourth-order valence-electron chi connectivity index (χ4n) is 2.98. The number of alkyl halides is 1. The Morgan fingerprint density at radius 1 is 1.17 bits per heavy atom. The molecule has 2 rings (SSSR count). The van der Waals surface area contributed by atoms with Crippen molar-refractivity contribution >= 4 is 17.5 Å². The quantitative estimate of drug-likeness (QED) is 0.804. The molecule has 0 radical (unpaired) electrons. The molecule has 1 atom stereocenters. The molecule has 23 heavy (non-hydrogen) atoms. The van der Waals surface area contributed by atoms with Gasteiger partial charge >= 0.3 is 0 Å². The lowest BCUT2D eigenvalue weighted by molar-refractivity contribution is 0.0999. The molecule has 0 fully saturated rings. The predicted molar refractivity (Wildman–Crippen MR) is 94.4 cm³/mol. The minimum absolute atomic E-state index is 0.299. The molecule has 0 aliphatic rings. The number of primary amides is 1. The maximum absolute atomic E-state index is 11.7. The van der Waals surface area contributed by atoms with Crippen molar-refractivity contribution < 1.29 is 9.53 Å². The van der Waals surface area contributed by atoms with Crippen molar-refractivity contribution in [1.29, 1.82) is 0 Å². The van der Waals surface area contributed by atoms with Crippen molar-refractivity contribution in [3.05, 3.63) is 64.2 Å². The number of methoxy groups -OCH3 is 1. The number of hydrogen-bond donors (Lipinski definition) is 1. The van der Waals surface area contributed by atoms with Crippen LogP contribution in [0.5, 0.6) is 5.75 Å². The van der Waals surface area contributed by atoms with Crippen molar-refractivity contribution in [2.24, 2.45) is 5.73 Å². The van der Waals surface area contributed by atoms with Gasteiger partial charge in [-0.2, -0.15) is 0 Å². The van der Waals surface area contributed by atoms with Crippen molar-refractivity contribution in [3.8, 4) is 5.75 Å². The van der Waals surface area contributed by atoms with E-state index >= 15 is 0 Å². The largest absolute Gasteiger partial charge is 0.497 e. The van der Waals surface area contributed by atoms with E-state index in [1.165, 1.54) is 0 Å². The Bertz CT molecular complexity index is 713. The first-order valence-corrected chi connectivity index (χ1v) is 8.19. The zero-order valence-corrected chi connectivity index (χ0v) is 14.5. The van der Waals surface area contributed by atoms with Gasteiger partial charge in [0.1, 0.15) is 5.75 Å². The molecule has 0 saturated carbocycles. The zero-order chi connectivity index (χ0) is 17.0. The van der Waals surface area contributed by atoms with Gasteiger partial charge in [0.2, 0.25) is 5.91 Å². The number of nitrogens with two attached hydrogens (primary N) is 1. The standard InChI is InChI=1S/C19H22ClNO2/c1-4-14-15(5-2)17(19(21)22)10-9-16(14)18(20)12-7-6-8-13(11-12)23-3/h6-11,18H,4-5H2,1-3H3,(H2,21,22). The topological polar surface area (TPSA) is 52.3 Å². The molecule has 2 N–H and O–H groups in total. The second kappa shape index (κ2) is 7.51. The second-order valence-electron chi connectivity index (χ2n) is 5.37. The van der Waals surface area contributed by atoms with Gasteiger partial charge in [0.05, 0.1) is 12.5 Å². The number of ether oxygens (including phenoxy) is 1. The van der Waals surface area contributed by atoms with Crippen molar-refractivity contribution in [3.63, 3.8) is 0 Å². The number of rotatable bonds is 6. The summed E-state index contributed by atoms with van der Waals surface area (Å²) in [6, 6.07) is 11.4. The summed E-state index contributed by atoms with van der Waals surface area (Å²) in [5.74, 6) is 0.381. The number of benzene rings is 2. The molecular weight excluding hydrogens is 310 g/mol. The summed E-state index contributed by atoms with van der Waals surface area (Å²) in [6.07, 6.45) is 1.55. The summed E-state index contributed by atoms with van der Waals surface area (Å²) in [4.78, 5) is 11.7. The molecular formula is C19H22ClNO2. The van der Waals surface area contributed by atoms with Crippen LogP contribution in [0.4, 0.5) is 0 Å². The Morgan fingerprint density at radius 2 is 1.87 bits per heavy atom. The van der Waals surface area contributed by atoms with Crippen LogP contribution < -0.4 is 10.5 Å². The lowest BCUT2D eigenvalue weighted by atomic mass is 9.89. The first kappa shape index (κ1) is 17.4. The maximum Gasteiger partial charge on any atom is 0.248 e. The molecule has 1 amide bonds. The highest BCUT2D eigenvalue weighted by molar-refractivity contribution is 6.22. The van der Waals surface area contributed by atoms with Crippen LogP contribution in [0.25, 0.3) is 0 Å². The molecule has 0 spiro atoms. The fraction of sp³-hybridized carbons (Fsp3) is 0.316. The van der Waals surface area contributed by atoms with Gasteiger partial charge in [-0.3, -0.25) is 4.79 Å². The average Bonchev–Trinajstić information content (AvgIpc) is 2.59. The van der Waals surface area contributed by atoms with Gasteiger partial charge in [-0.15, -0.1) is 11.6 Å². The summed E-state index contributed by atoms with van der Waals surface area (Å²) in [5, 5.41) is -0.299. The van der Waals surface area contributed by atoms with Crippen LogP contribution in [0.15, 0.2) is 36.4 Å². The van der Waals surface area contributed by atoms with Gasteiger partial charge in [-0.25, -0.2) is 0 Å². The first-order chi connectivity index (χ1) is 11.0. The number of carbonyl (C=O) groups excluding carboxylic acids is 1. The summed E-state index contributed by atoms with van der Waals surface area (Å²) in [7, 11) is 1.64. The number of halogens is 1. The third kappa shape index (κ3) is 3.50. The third-order valence-electron chi connectivity index (χ3n) is 4.10. The van der Waals surface area contributed by atoms with Crippen LogP contribution in [0, 0.1) is 0 Å². The molecule has 4 heteroatoms. The van der Waals surface area contributed by atoms with Gasteiger partial charge in [0.25, 0.3) is 0 Å². The molecule has 122 valence electrons. The molecule has 3 nitrogen and oxygen atoms in total. The number of carbonyl (C=O) groups is 1. The van der Waals surface area contributed by atoms with Crippen LogP contribution >= 0.6 is 11.6 Å². The summed E-state index contributed by atoms with van der Waals surface area (Å²) in [6.45, 7) is 4.09. The van der Waals surface area contributed by atoms with Crippen LogP contribution in [-0.4, -0.2) is 13.0 Å². The van der Waals surface area contributed by atoms with Gasteiger partial charge in [-0.05, 0) is 53.3 Å². The Hall–Kier alpha value is -2.00. The Kier molecular flexibility index (Phi) is 5.67.